The van der Waals surface area contributed by atoms with Gasteiger partial charge in [0.25, 0.3) is 11.8 Å². The molecule has 0 unspecified atom stereocenters. The Kier molecular flexibility index (Phi) is 5.55. The van der Waals surface area contributed by atoms with Crippen LogP contribution < -0.4 is 19.7 Å². The van der Waals surface area contributed by atoms with Gasteiger partial charge in [-0.2, -0.15) is 0 Å². The zero-order chi connectivity index (χ0) is 18.5. The number of rotatable bonds is 6. The van der Waals surface area contributed by atoms with Crippen molar-refractivity contribution in [3.8, 4) is 11.6 Å². The molecule has 1 aliphatic rings. The standard InChI is InChI=1S/C19H24N4O3/c1-13-10-15(16(12-20-13)23-8-4-5-9-23)18(24)21-11-14-6-7-17(25-2)19(22-14)26-3/h6-7,10,12H,4-5,8-9,11H2,1-3H3,(H,21,24). The minimum atomic E-state index is -0.131. The molecule has 26 heavy (non-hydrogen) atoms. The number of nitrogens with one attached hydrogen (secondary N) is 1. The highest BCUT2D eigenvalue weighted by Crippen LogP contribution is 2.25. The summed E-state index contributed by atoms with van der Waals surface area (Å²) in [5.41, 5.74) is 3.07. The van der Waals surface area contributed by atoms with Gasteiger partial charge in [0.2, 0.25) is 0 Å². The van der Waals surface area contributed by atoms with E-state index in [9.17, 15) is 4.79 Å². The minimum absolute atomic E-state index is 0.131. The largest absolute Gasteiger partial charge is 0.491 e. The molecule has 3 rings (SSSR count). The number of carbonyl (C=O) groups excluding carboxylic acids is 1. The van der Waals surface area contributed by atoms with Gasteiger partial charge in [-0.25, -0.2) is 4.98 Å². The van der Waals surface area contributed by atoms with Crippen LogP contribution in [0.2, 0.25) is 0 Å². The van der Waals surface area contributed by atoms with Crippen molar-refractivity contribution in [1.29, 1.82) is 0 Å². The van der Waals surface area contributed by atoms with Crippen LogP contribution in [-0.2, 0) is 6.54 Å². The molecule has 3 heterocycles. The molecular weight excluding hydrogens is 332 g/mol. The van der Waals surface area contributed by atoms with Crippen LogP contribution in [0.15, 0.2) is 24.4 Å². The smallest absolute Gasteiger partial charge is 0.257 e. The second kappa shape index (κ2) is 8.03. The lowest BCUT2D eigenvalue weighted by Gasteiger charge is -2.21. The third-order valence-electron chi connectivity index (χ3n) is 4.44. The van der Waals surface area contributed by atoms with Crippen LogP contribution in [0.3, 0.4) is 0 Å². The number of anilines is 1. The highest BCUT2D eigenvalue weighted by Gasteiger charge is 2.20. The van der Waals surface area contributed by atoms with E-state index < -0.39 is 0 Å². The second-order valence-electron chi connectivity index (χ2n) is 6.23. The van der Waals surface area contributed by atoms with Crippen molar-refractivity contribution in [3.63, 3.8) is 0 Å². The Hall–Kier alpha value is -2.83. The average molecular weight is 356 g/mol. The zero-order valence-electron chi connectivity index (χ0n) is 15.4. The summed E-state index contributed by atoms with van der Waals surface area (Å²) in [6.07, 6.45) is 4.08. The lowest BCUT2D eigenvalue weighted by atomic mass is 10.1. The zero-order valence-corrected chi connectivity index (χ0v) is 15.4. The summed E-state index contributed by atoms with van der Waals surface area (Å²) in [6.45, 7) is 4.12. The van der Waals surface area contributed by atoms with E-state index >= 15 is 0 Å². The van der Waals surface area contributed by atoms with E-state index in [0.29, 0.717) is 29.4 Å². The SMILES string of the molecule is COc1ccc(CNC(=O)c2cc(C)ncc2N2CCCC2)nc1OC. The molecule has 0 saturated carbocycles. The van der Waals surface area contributed by atoms with Gasteiger partial charge in [0.1, 0.15) is 0 Å². The summed E-state index contributed by atoms with van der Waals surface area (Å²) >= 11 is 0. The van der Waals surface area contributed by atoms with E-state index in [4.69, 9.17) is 9.47 Å². The number of aryl methyl sites for hydroxylation is 1. The Morgan fingerprint density at radius 3 is 2.69 bits per heavy atom. The number of hydrogen-bond acceptors (Lipinski definition) is 6. The van der Waals surface area contributed by atoms with Crippen LogP contribution in [0.1, 0.15) is 34.6 Å². The van der Waals surface area contributed by atoms with Gasteiger partial charge < -0.3 is 19.7 Å². The number of ether oxygens (including phenoxy) is 2. The van der Waals surface area contributed by atoms with Gasteiger partial charge in [-0.15, -0.1) is 0 Å². The number of carbonyl (C=O) groups is 1. The molecule has 2 aromatic heterocycles. The first kappa shape index (κ1) is 18.0. The van der Waals surface area contributed by atoms with E-state index in [1.54, 1.807) is 25.4 Å². The molecule has 0 aliphatic carbocycles. The molecule has 138 valence electrons. The molecule has 7 heteroatoms. The number of hydrogen-bond donors (Lipinski definition) is 1. The average Bonchev–Trinajstić information content (AvgIpc) is 3.20. The minimum Gasteiger partial charge on any atom is -0.491 e. The molecule has 7 nitrogen and oxygen atoms in total. The quantitative estimate of drug-likeness (QED) is 0.856. The maximum atomic E-state index is 12.8. The summed E-state index contributed by atoms with van der Waals surface area (Å²) in [5.74, 6) is 0.828. The molecule has 0 radical (unpaired) electrons. The van der Waals surface area contributed by atoms with Crippen molar-refractivity contribution in [1.82, 2.24) is 15.3 Å². The molecule has 0 spiro atoms. The first-order valence-corrected chi connectivity index (χ1v) is 8.70. The molecule has 1 amide bonds. The topological polar surface area (TPSA) is 76.6 Å². The molecule has 0 aromatic carbocycles. The van der Waals surface area contributed by atoms with Crippen LogP contribution in [0, 0.1) is 6.92 Å². The Balaban J connectivity index is 1.75. The predicted molar refractivity (Wildman–Crippen MR) is 98.9 cm³/mol. The van der Waals surface area contributed by atoms with Crippen molar-refractivity contribution < 1.29 is 14.3 Å². The van der Waals surface area contributed by atoms with Gasteiger partial charge in [0, 0.05) is 18.8 Å². The highest BCUT2D eigenvalue weighted by atomic mass is 16.5. The molecule has 1 aliphatic heterocycles. The highest BCUT2D eigenvalue weighted by molar-refractivity contribution is 5.99. The summed E-state index contributed by atoms with van der Waals surface area (Å²) in [5, 5.41) is 2.94. The summed E-state index contributed by atoms with van der Waals surface area (Å²) in [6, 6.07) is 5.42. The Labute approximate surface area is 153 Å². The summed E-state index contributed by atoms with van der Waals surface area (Å²) < 4.78 is 10.4. The van der Waals surface area contributed by atoms with Crippen LogP contribution in [0.4, 0.5) is 5.69 Å². The molecule has 2 aromatic rings. The number of methoxy groups -OCH3 is 2. The van der Waals surface area contributed by atoms with Crippen molar-refractivity contribution in [2.75, 3.05) is 32.2 Å². The predicted octanol–water partition coefficient (Wildman–Crippen LogP) is 2.33. The maximum Gasteiger partial charge on any atom is 0.257 e. The molecule has 0 atom stereocenters. The monoisotopic (exact) mass is 356 g/mol. The number of aromatic nitrogens is 2. The van der Waals surface area contributed by atoms with Gasteiger partial charge in [-0.3, -0.25) is 9.78 Å². The molecule has 0 bridgehead atoms. The van der Waals surface area contributed by atoms with E-state index in [2.05, 4.69) is 20.2 Å². The molecular formula is C19H24N4O3. The Morgan fingerprint density at radius 1 is 1.23 bits per heavy atom. The van der Waals surface area contributed by atoms with Crippen molar-refractivity contribution in [3.05, 3.63) is 41.3 Å². The number of amides is 1. The number of pyridine rings is 2. The van der Waals surface area contributed by atoms with Crippen LogP contribution in [0.5, 0.6) is 11.6 Å². The molecule has 1 saturated heterocycles. The second-order valence-corrected chi connectivity index (χ2v) is 6.23. The summed E-state index contributed by atoms with van der Waals surface area (Å²) in [4.78, 5) is 23.7. The van der Waals surface area contributed by atoms with Gasteiger partial charge >= 0.3 is 0 Å². The Bertz CT molecular complexity index is 788. The van der Waals surface area contributed by atoms with Crippen molar-refractivity contribution >= 4 is 11.6 Å². The van der Waals surface area contributed by atoms with E-state index in [-0.39, 0.29) is 5.91 Å². The third kappa shape index (κ3) is 3.87. The fourth-order valence-corrected chi connectivity index (χ4v) is 3.08. The molecule has 1 fully saturated rings. The number of nitrogens with zero attached hydrogens (tertiary/aromatic N) is 3. The fraction of sp³-hybridized carbons (Fsp3) is 0.421. The lowest BCUT2D eigenvalue weighted by molar-refractivity contribution is 0.0950. The van der Waals surface area contributed by atoms with Crippen molar-refractivity contribution in [2.45, 2.75) is 26.3 Å². The first-order valence-electron chi connectivity index (χ1n) is 8.70. The van der Waals surface area contributed by atoms with Gasteiger partial charge in [-0.1, -0.05) is 0 Å². The van der Waals surface area contributed by atoms with E-state index in [1.807, 2.05) is 13.0 Å². The van der Waals surface area contributed by atoms with Gasteiger partial charge in [0.05, 0.1) is 43.9 Å². The third-order valence-corrected chi connectivity index (χ3v) is 4.44. The van der Waals surface area contributed by atoms with E-state index in [0.717, 1.165) is 37.3 Å². The maximum absolute atomic E-state index is 12.8. The normalized spacial score (nSPS) is 13.6. The van der Waals surface area contributed by atoms with E-state index in [1.165, 1.54) is 7.11 Å². The Morgan fingerprint density at radius 2 is 2.00 bits per heavy atom. The van der Waals surface area contributed by atoms with Crippen LogP contribution in [0.25, 0.3) is 0 Å². The molecule has 1 N–H and O–H groups in total. The lowest BCUT2D eigenvalue weighted by Crippen LogP contribution is -2.27. The van der Waals surface area contributed by atoms with Crippen LogP contribution >= 0.6 is 0 Å². The summed E-state index contributed by atoms with van der Waals surface area (Å²) in [7, 11) is 3.10. The van der Waals surface area contributed by atoms with Gasteiger partial charge in [-0.05, 0) is 38.0 Å². The first-order chi connectivity index (χ1) is 12.6. The fourth-order valence-electron chi connectivity index (χ4n) is 3.08. The van der Waals surface area contributed by atoms with Gasteiger partial charge in [0.15, 0.2) is 5.75 Å². The van der Waals surface area contributed by atoms with Crippen molar-refractivity contribution in [2.24, 2.45) is 0 Å². The van der Waals surface area contributed by atoms with Crippen LogP contribution in [-0.4, -0.2) is 43.2 Å².